The molecule has 160 valence electrons. The molecule has 1 saturated heterocycles. The molecule has 2 heterocycles. The number of hydrogen-bond donors (Lipinski definition) is 0. The van der Waals surface area contributed by atoms with E-state index in [0.717, 1.165) is 9.58 Å². The summed E-state index contributed by atoms with van der Waals surface area (Å²) in [6, 6.07) is 4.03. The van der Waals surface area contributed by atoms with Crippen molar-refractivity contribution < 1.29 is 36.2 Å². The van der Waals surface area contributed by atoms with Gasteiger partial charge in [-0.3, -0.25) is 9.58 Å². The highest BCUT2D eigenvalue weighted by Gasteiger charge is 2.52. The zero-order valence-corrected chi connectivity index (χ0v) is 16.0. The van der Waals surface area contributed by atoms with E-state index in [2.05, 4.69) is 5.10 Å². The van der Waals surface area contributed by atoms with Crippen molar-refractivity contribution in [3.8, 4) is 5.75 Å². The third kappa shape index (κ3) is 5.07. The Morgan fingerprint density at radius 2 is 1.97 bits per heavy atom. The number of hydrogen-bond acceptors (Lipinski definition) is 4. The SMILES string of the molecule is CC(C)(C)OC(=O)N1C[C@H](Oc2ccc3cnn(CC(F)(F)F)c3c2)C(F)(F)C1. The Hall–Kier alpha value is -2.59. The minimum Gasteiger partial charge on any atom is -0.482 e. The molecule has 0 unspecified atom stereocenters. The van der Waals surface area contributed by atoms with Crippen molar-refractivity contribution >= 4 is 17.0 Å². The second-order valence-electron chi connectivity index (χ2n) is 7.87. The number of fused-ring (bicyclic) bond motifs is 1. The first kappa shape index (κ1) is 21.1. The Bertz CT molecular complexity index is 904. The molecular weight excluding hydrogens is 401 g/mol. The molecule has 2 aromatic rings. The number of carbonyl (C=O) groups is 1. The summed E-state index contributed by atoms with van der Waals surface area (Å²) in [5, 5.41) is 4.09. The highest BCUT2D eigenvalue weighted by Crippen LogP contribution is 2.33. The lowest BCUT2D eigenvalue weighted by molar-refractivity contribution is -0.141. The first-order valence-electron chi connectivity index (χ1n) is 8.78. The fraction of sp³-hybridized carbons (Fsp3) is 0.556. The number of carbonyl (C=O) groups excluding carboxylic acids is 1. The topological polar surface area (TPSA) is 56.6 Å². The molecule has 1 aliphatic rings. The van der Waals surface area contributed by atoms with E-state index in [1.807, 2.05) is 0 Å². The lowest BCUT2D eigenvalue weighted by Crippen LogP contribution is -2.36. The van der Waals surface area contributed by atoms with E-state index in [9.17, 15) is 26.7 Å². The predicted molar refractivity (Wildman–Crippen MR) is 93.0 cm³/mol. The highest BCUT2D eigenvalue weighted by molar-refractivity contribution is 5.80. The summed E-state index contributed by atoms with van der Waals surface area (Å²) in [7, 11) is 0. The van der Waals surface area contributed by atoms with Crippen LogP contribution < -0.4 is 4.74 Å². The Morgan fingerprint density at radius 3 is 2.59 bits per heavy atom. The summed E-state index contributed by atoms with van der Waals surface area (Å²) in [6.07, 6.45) is -5.78. The van der Waals surface area contributed by atoms with Crippen LogP contribution in [0.5, 0.6) is 5.75 Å². The largest absolute Gasteiger partial charge is 0.482 e. The molecular formula is C18H20F5N3O3. The van der Waals surface area contributed by atoms with Gasteiger partial charge in [-0.25, -0.2) is 13.6 Å². The standard InChI is InChI=1S/C18H20F5N3O3/c1-16(2,3)29-15(27)25-8-14(17(19,20)9-25)28-12-5-4-11-7-24-26(13(11)6-12)10-18(21,22)23/h4-7,14H,8-10H2,1-3H3/t14-/m0/s1. The Balaban J connectivity index is 1.77. The minimum absolute atomic E-state index is 0.0443. The third-order valence-electron chi connectivity index (χ3n) is 4.13. The third-order valence-corrected chi connectivity index (χ3v) is 4.13. The van der Waals surface area contributed by atoms with E-state index in [0.29, 0.717) is 5.39 Å². The van der Waals surface area contributed by atoms with Crippen LogP contribution in [0.4, 0.5) is 26.7 Å². The fourth-order valence-corrected chi connectivity index (χ4v) is 2.93. The molecule has 1 aromatic heterocycles. The average Bonchev–Trinajstić information content (AvgIpc) is 3.05. The first-order chi connectivity index (χ1) is 13.2. The molecule has 6 nitrogen and oxygen atoms in total. The number of halogens is 5. The molecule has 0 bridgehead atoms. The van der Waals surface area contributed by atoms with E-state index in [1.54, 1.807) is 20.8 Å². The first-order valence-corrected chi connectivity index (χ1v) is 8.78. The maximum atomic E-state index is 14.4. The van der Waals surface area contributed by atoms with Crippen LogP contribution >= 0.6 is 0 Å². The van der Waals surface area contributed by atoms with Crippen LogP contribution in [-0.4, -0.2) is 57.7 Å². The van der Waals surface area contributed by atoms with Crippen LogP contribution in [0.25, 0.3) is 10.9 Å². The number of benzene rings is 1. The van der Waals surface area contributed by atoms with Gasteiger partial charge in [0.25, 0.3) is 0 Å². The van der Waals surface area contributed by atoms with E-state index >= 15 is 0 Å². The number of amides is 1. The van der Waals surface area contributed by atoms with Crippen LogP contribution in [0.3, 0.4) is 0 Å². The second-order valence-corrected chi connectivity index (χ2v) is 7.87. The van der Waals surface area contributed by atoms with Gasteiger partial charge in [0.1, 0.15) is 17.9 Å². The zero-order chi connectivity index (χ0) is 21.6. The molecule has 11 heteroatoms. The molecule has 1 atom stereocenters. The van der Waals surface area contributed by atoms with Crippen LogP contribution in [0, 0.1) is 0 Å². The van der Waals surface area contributed by atoms with Gasteiger partial charge in [0.05, 0.1) is 24.8 Å². The number of alkyl halides is 5. The van der Waals surface area contributed by atoms with Crippen molar-refractivity contribution in [1.82, 2.24) is 14.7 Å². The van der Waals surface area contributed by atoms with Crippen molar-refractivity contribution in [1.29, 1.82) is 0 Å². The molecule has 0 aliphatic carbocycles. The molecule has 1 aliphatic heterocycles. The molecule has 0 saturated carbocycles. The monoisotopic (exact) mass is 421 g/mol. The Kier molecular flexibility index (Phi) is 5.12. The summed E-state index contributed by atoms with van der Waals surface area (Å²) in [6.45, 7) is 2.25. The van der Waals surface area contributed by atoms with Gasteiger partial charge in [-0.2, -0.15) is 18.3 Å². The molecule has 3 rings (SSSR count). The number of aromatic nitrogens is 2. The molecule has 1 fully saturated rings. The van der Waals surface area contributed by atoms with Crippen molar-refractivity contribution in [2.24, 2.45) is 0 Å². The van der Waals surface area contributed by atoms with Gasteiger partial charge < -0.3 is 9.47 Å². The van der Waals surface area contributed by atoms with Gasteiger partial charge in [-0.15, -0.1) is 0 Å². The zero-order valence-electron chi connectivity index (χ0n) is 16.0. The van der Waals surface area contributed by atoms with E-state index in [1.165, 1.54) is 24.4 Å². The number of rotatable bonds is 3. The van der Waals surface area contributed by atoms with Crippen LogP contribution in [0.15, 0.2) is 24.4 Å². The van der Waals surface area contributed by atoms with Crippen LogP contribution in [0.1, 0.15) is 20.8 Å². The minimum atomic E-state index is -4.48. The van der Waals surface area contributed by atoms with Crippen molar-refractivity contribution in [3.63, 3.8) is 0 Å². The highest BCUT2D eigenvalue weighted by atomic mass is 19.4. The van der Waals surface area contributed by atoms with Crippen LogP contribution in [-0.2, 0) is 11.3 Å². The number of nitrogens with zero attached hydrogens (tertiary/aromatic N) is 3. The summed E-state index contributed by atoms with van der Waals surface area (Å²) in [4.78, 5) is 12.9. The fourth-order valence-electron chi connectivity index (χ4n) is 2.93. The molecule has 0 spiro atoms. The summed E-state index contributed by atoms with van der Waals surface area (Å²) < 4.78 is 77.9. The quantitative estimate of drug-likeness (QED) is 0.696. The average molecular weight is 421 g/mol. The van der Waals surface area contributed by atoms with Gasteiger partial charge in [0.15, 0.2) is 6.10 Å². The lowest BCUT2D eigenvalue weighted by atomic mass is 10.2. The van der Waals surface area contributed by atoms with Crippen molar-refractivity contribution in [2.45, 2.75) is 51.1 Å². The van der Waals surface area contributed by atoms with Gasteiger partial charge in [0.2, 0.25) is 0 Å². The number of ether oxygens (including phenoxy) is 2. The van der Waals surface area contributed by atoms with Gasteiger partial charge in [-0.1, -0.05) is 0 Å². The van der Waals surface area contributed by atoms with Crippen LogP contribution in [0.2, 0.25) is 0 Å². The smallest absolute Gasteiger partial charge is 0.410 e. The molecule has 1 amide bonds. The van der Waals surface area contributed by atoms with E-state index in [4.69, 9.17) is 9.47 Å². The normalized spacial score (nSPS) is 19.6. The predicted octanol–water partition coefficient (Wildman–Crippen LogP) is 4.23. The van der Waals surface area contributed by atoms with E-state index < -0.39 is 49.5 Å². The number of likely N-dealkylation sites (tertiary alicyclic amines) is 1. The second kappa shape index (κ2) is 7.03. The summed E-state index contributed by atoms with van der Waals surface area (Å²) in [5.74, 6) is -3.39. The maximum absolute atomic E-state index is 14.4. The van der Waals surface area contributed by atoms with Gasteiger partial charge >= 0.3 is 18.2 Å². The Labute approximate surface area is 163 Å². The van der Waals surface area contributed by atoms with Crippen molar-refractivity contribution in [2.75, 3.05) is 13.1 Å². The summed E-state index contributed by atoms with van der Waals surface area (Å²) >= 11 is 0. The van der Waals surface area contributed by atoms with Crippen molar-refractivity contribution in [3.05, 3.63) is 24.4 Å². The molecule has 1 aromatic carbocycles. The molecule has 0 radical (unpaired) electrons. The molecule has 0 N–H and O–H groups in total. The molecule has 29 heavy (non-hydrogen) atoms. The van der Waals surface area contributed by atoms with E-state index in [-0.39, 0.29) is 11.3 Å². The maximum Gasteiger partial charge on any atom is 0.410 e. The van der Waals surface area contributed by atoms with Gasteiger partial charge in [-0.05, 0) is 32.9 Å². The van der Waals surface area contributed by atoms with Gasteiger partial charge in [0, 0.05) is 11.5 Å². The summed E-state index contributed by atoms with van der Waals surface area (Å²) in [5.41, 5.74) is -0.738. The lowest BCUT2D eigenvalue weighted by Gasteiger charge is -2.24. The Morgan fingerprint density at radius 1 is 1.28 bits per heavy atom.